The molecule has 0 aromatic carbocycles. The van der Waals surface area contributed by atoms with Crippen molar-refractivity contribution in [2.75, 3.05) is 6.61 Å². The first-order chi connectivity index (χ1) is 12.0. The van der Waals surface area contributed by atoms with Crippen molar-refractivity contribution >= 4 is 28.0 Å². The molecule has 0 spiro atoms. The van der Waals surface area contributed by atoms with E-state index in [1.807, 2.05) is 0 Å². The molecule has 6 unspecified atom stereocenters. The van der Waals surface area contributed by atoms with Crippen molar-refractivity contribution in [1.29, 1.82) is 0 Å². The van der Waals surface area contributed by atoms with Crippen LogP contribution in [0.4, 0.5) is 8.78 Å². The zero-order chi connectivity index (χ0) is 19.4. The van der Waals surface area contributed by atoms with E-state index in [4.69, 9.17) is 14.0 Å². The number of hydrogen-bond donors (Lipinski definition) is 1. The van der Waals surface area contributed by atoms with E-state index in [-0.39, 0.29) is 6.42 Å². The second kappa shape index (κ2) is 5.98. The zero-order valence-corrected chi connectivity index (χ0v) is 13.9. The zero-order valence-electron chi connectivity index (χ0n) is 13.0. The number of esters is 3. The highest BCUT2D eigenvalue weighted by Gasteiger charge is 2.70. The summed E-state index contributed by atoms with van der Waals surface area (Å²) in [4.78, 5) is 35.7. The normalized spacial score (nSPS) is 35.1. The fourth-order valence-electron chi connectivity index (χ4n) is 3.98. The summed E-state index contributed by atoms with van der Waals surface area (Å²) in [7, 11) is -5.77. The number of alkyl halides is 2. The van der Waals surface area contributed by atoms with Gasteiger partial charge in [-0.05, 0) is 6.42 Å². The van der Waals surface area contributed by atoms with Crippen molar-refractivity contribution in [3.63, 3.8) is 0 Å². The molecule has 6 atom stereocenters. The Morgan fingerprint density at radius 2 is 2.04 bits per heavy atom. The van der Waals surface area contributed by atoms with Crippen LogP contribution in [-0.2, 0) is 38.7 Å². The van der Waals surface area contributed by atoms with E-state index in [1.165, 1.54) is 0 Å². The summed E-state index contributed by atoms with van der Waals surface area (Å²) < 4.78 is 70.7. The predicted molar refractivity (Wildman–Crippen MR) is 76.0 cm³/mol. The Balaban J connectivity index is 1.77. The number of halogens is 2. The third-order valence-electron chi connectivity index (χ3n) is 5.00. The molecule has 9 nitrogen and oxygen atoms in total. The van der Waals surface area contributed by atoms with Gasteiger partial charge in [-0.25, -0.2) is 4.79 Å². The highest BCUT2D eigenvalue weighted by Crippen LogP contribution is 2.59. The van der Waals surface area contributed by atoms with Crippen molar-refractivity contribution in [3.05, 3.63) is 12.7 Å². The van der Waals surface area contributed by atoms with Crippen LogP contribution in [0.15, 0.2) is 12.7 Å². The van der Waals surface area contributed by atoms with Gasteiger partial charge in [-0.2, -0.15) is 17.2 Å². The van der Waals surface area contributed by atoms with E-state index in [0.29, 0.717) is 0 Å². The van der Waals surface area contributed by atoms with Crippen molar-refractivity contribution in [2.24, 2.45) is 23.7 Å². The summed E-state index contributed by atoms with van der Waals surface area (Å²) in [5.74, 6) is -6.06. The van der Waals surface area contributed by atoms with Crippen molar-refractivity contribution < 1.29 is 50.3 Å². The number of carbonyl (C=O) groups is 3. The maximum Gasteiger partial charge on any atom is 0.402 e. The van der Waals surface area contributed by atoms with Crippen LogP contribution in [-0.4, -0.2) is 54.9 Å². The molecular weight excluding hydrogens is 382 g/mol. The highest BCUT2D eigenvalue weighted by atomic mass is 32.2. The standard InChI is InChI=1S/C14H14F2O9S/c1-2-7(17)24-10-5-3-6-9(13(19)25-11(6)10)8(5)12(18)23-4-14(15,16)26(20,21)22/h2,5-6,8-11H,1,3-4H2,(H,20,21,22). The molecule has 26 heavy (non-hydrogen) atoms. The maximum atomic E-state index is 13.2. The summed E-state index contributed by atoms with van der Waals surface area (Å²) >= 11 is 0. The molecule has 2 bridgehead atoms. The van der Waals surface area contributed by atoms with E-state index < -0.39 is 75.8 Å². The summed E-state index contributed by atoms with van der Waals surface area (Å²) in [5, 5.41) is -4.69. The first kappa shape index (κ1) is 18.7. The molecule has 3 aliphatic rings. The lowest BCUT2D eigenvalue weighted by atomic mass is 9.78. The van der Waals surface area contributed by atoms with E-state index in [0.717, 1.165) is 6.08 Å². The number of rotatable bonds is 6. The van der Waals surface area contributed by atoms with Gasteiger partial charge in [0.25, 0.3) is 0 Å². The largest absolute Gasteiger partial charge is 0.458 e. The molecule has 0 aromatic heterocycles. The van der Waals surface area contributed by atoms with Crippen LogP contribution in [0.1, 0.15) is 6.42 Å². The molecule has 12 heteroatoms. The Kier molecular flexibility index (Phi) is 4.30. The third-order valence-corrected chi connectivity index (χ3v) is 5.87. The molecule has 1 saturated heterocycles. The minimum atomic E-state index is -5.77. The Bertz CT molecular complexity index is 777. The van der Waals surface area contributed by atoms with Crippen LogP contribution in [0.2, 0.25) is 0 Å². The maximum absolute atomic E-state index is 13.2. The van der Waals surface area contributed by atoms with Crippen LogP contribution in [0.25, 0.3) is 0 Å². The molecule has 0 radical (unpaired) electrons. The summed E-state index contributed by atoms with van der Waals surface area (Å²) in [6.07, 6.45) is -0.511. The molecule has 3 rings (SSSR count). The van der Waals surface area contributed by atoms with Gasteiger partial charge in [-0.1, -0.05) is 6.58 Å². The van der Waals surface area contributed by atoms with Crippen LogP contribution < -0.4 is 0 Å². The molecule has 144 valence electrons. The molecule has 2 saturated carbocycles. The molecular formula is C14H14F2O9S. The first-order valence-corrected chi connectivity index (χ1v) is 8.97. The lowest BCUT2D eigenvalue weighted by Gasteiger charge is -2.30. The molecule has 2 aliphatic carbocycles. The Morgan fingerprint density at radius 3 is 2.62 bits per heavy atom. The molecule has 1 aliphatic heterocycles. The summed E-state index contributed by atoms with van der Waals surface area (Å²) in [5.41, 5.74) is 0. The Hall–Kier alpha value is -2.08. The van der Waals surface area contributed by atoms with E-state index in [1.54, 1.807) is 0 Å². The fraction of sp³-hybridized carbons (Fsp3) is 0.643. The lowest BCUT2D eigenvalue weighted by molar-refractivity contribution is -0.165. The van der Waals surface area contributed by atoms with Crippen molar-refractivity contribution in [1.82, 2.24) is 0 Å². The molecule has 0 amide bonds. The summed E-state index contributed by atoms with van der Waals surface area (Å²) in [6, 6.07) is 0. The minimum absolute atomic E-state index is 0.282. The average Bonchev–Trinajstić information content (AvgIpc) is 3.14. The predicted octanol–water partition coefficient (Wildman–Crippen LogP) is -0.0845. The number of hydrogen-bond acceptors (Lipinski definition) is 8. The smallest absolute Gasteiger partial charge is 0.402 e. The van der Waals surface area contributed by atoms with E-state index in [9.17, 15) is 31.6 Å². The van der Waals surface area contributed by atoms with Gasteiger partial charge in [0.15, 0.2) is 6.61 Å². The number of fused-ring (bicyclic) bond motifs is 1. The number of ether oxygens (including phenoxy) is 3. The van der Waals surface area contributed by atoms with Crippen molar-refractivity contribution in [2.45, 2.75) is 23.9 Å². The second-order valence-corrected chi connectivity index (χ2v) is 7.89. The van der Waals surface area contributed by atoms with Gasteiger partial charge < -0.3 is 14.2 Å². The molecule has 1 N–H and O–H groups in total. The van der Waals surface area contributed by atoms with E-state index >= 15 is 0 Å². The molecule has 1 heterocycles. The molecule has 3 fully saturated rings. The van der Waals surface area contributed by atoms with E-state index in [2.05, 4.69) is 11.3 Å². The quantitative estimate of drug-likeness (QED) is 0.283. The van der Waals surface area contributed by atoms with Crippen LogP contribution in [0.5, 0.6) is 0 Å². The van der Waals surface area contributed by atoms with Crippen molar-refractivity contribution in [3.8, 4) is 0 Å². The van der Waals surface area contributed by atoms with Gasteiger partial charge in [0.05, 0.1) is 11.8 Å². The number of carbonyl (C=O) groups excluding carboxylic acids is 3. The minimum Gasteiger partial charge on any atom is -0.458 e. The van der Waals surface area contributed by atoms with Crippen LogP contribution in [0.3, 0.4) is 0 Å². The third kappa shape index (κ3) is 2.76. The topological polar surface area (TPSA) is 133 Å². The second-order valence-electron chi connectivity index (χ2n) is 6.34. The average molecular weight is 396 g/mol. The van der Waals surface area contributed by atoms with Gasteiger partial charge in [-0.3, -0.25) is 14.1 Å². The van der Waals surface area contributed by atoms with Gasteiger partial charge in [-0.15, -0.1) is 0 Å². The fourth-order valence-corrected chi connectivity index (χ4v) is 4.18. The van der Waals surface area contributed by atoms with Gasteiger partial charge in [0, 0.05) is 17.9 Å². The van der Waals surface area contributed by atoms with Gasteiger partial charge in [0.1, 0.15) is 12.2 Å². The Morgan fingerprint density at radius 1 is 1.38 bits per heavy atom. The first-order valence-electron chi connectivity index (χ1n) is 7.53. The van der Waals surface area contributed by atoms with Gasteiger partial charge >= 0.3 is 33.3 Å². The molecule has 0 aromatic rings. The van der Waals surface area contributed by atoms with Gasteiger partial charge in [0.2, 0.25) is 0 Å². The summed E-state index contributed by atoms with van der Waals surface area (Å²) in [6.45, 7) is 1.33. The highest BCUT2D eigenvalue weighted by molar-refractivity contribution is 7.86. The van der Waals surface area contributed by atoms with Crippen LogP contribution in [0, 0.1) is 23.7 Å². The lowest BCUT2D eigenvalue weighted by Crippen LogP contribution is -2.44. The Labute approximate surface area is 146 Å². The monoisotopic (exact) mass is 396 g/mol. The van der Waals surface area contributed by atoms with Crippen LogP contribution >= 0.6 is 0 Å². The SMILES string of the molecule is C=CC(=O)OC1C2CC3C1OC(=O)C3C2C(=O)OCC(F)(F)S(=O)(=O)O.